The van der Waals surface area contributed by atoms with Crippen LogP contribution in [-0.4, -0.2) is 32.1 Å². The van der Waals surface area contributed by atoms with Crippen LogP contribution in [0.1, 0.15) is 55.9 Å². The van der Waals surface area contributed by atoms with Crippen LogP contribution in [0.2, 0.25) is 5.28 Å². The molecule has 30 heavy (non-hydrogen) atoms. The summed E-state index contributed by atoms with van der Waals surface area (Å²) in [6.45, 7) is 0. The first-order chi connectivity index (χ1) is 14.6. The highest BCUT2D eigenvalue weighted by atomic mass is 35.5. The molecule has 4 saturated carbocycles. The molecule has 2 heterocycles. The van der Waals surface area contributed by atoms with Gasteiger partial charge in [0.25, 0.3) is 0 Å². The second kappa shape index (κ2) is 6.54. The minimum absolute atomic E-state index is 0.0329. The van der Waals surface area contributed by atoms with Gasteiger partial charge in [0.1, 0.15) is 12.1 Å². The highest BCUT2D eigenvalue weighted by Gasteiger charge is 2.61. The Hall–Kier alpha value is -2.41. The third-order valence-electron chi connectivity index (χ3n) is 7.42. The quantitative estimate of drug-likeness (QED) is 0.610. The van der Waals surface area contributed by atoms with Crippen molar-refractivity contribution in [3.63, 3.8) is 0 Å². The molecule has 2 atom stereocenters. The maximum atomic E-state index is 6.29. The predicted molar refractivity (Wildman–Crippen MR) is 109 cm³/mol. The van der Waals surface area contributed by atoms with E-state index in [9.17, 15) is 0 Å². The molecule has 3 aromatic rings. The molecular weight excluding hydrogens is 402 g/mol. The monoisotopic (exact) mass is 425 g/mol. The predicted octanol–water partition coefficient (Wildman–Crippen LogP) is 4.16. The van der Waals surface area contributed by atoms with Crippen molar-refractivity contribution in [3.05, 3.63) is 53.2 Å². The zero-order valence-electron chi connectivity index (χ0n) is 16.9. The molecule has 4 fully saturated rings. The summed E-state index contributed by atoms with van der Waals surface area (Å²) in [4.78, 5) is 4.19. The zero-order chi connectivity index (χ0) is 20.3. The van der Waals surface area contributed by atoms with Gasteiger partial charge < -0.3 is 9.15 Å². The number of benzene rings is 1. The van der Waals surface area contributed by atoms with E-state index in [0.29, 0.717) is 29.4 Å². The number of rotatable bonds is 5. The standard InChI is InChI=1S/C22H24ClN5O2/c1-29-17-4-2-14(3-5-17)7-18-25-26-19(30-18)21-8-15-6-16(9-21)11-22(10-15,12-21)28-13-24-20(23)27-28/h2-5,13,15-16H,6-12H2,1H3/t15-,16-,21?,22?/m0/s1. The molecule has 156 valence electrons. The minimum Gasteiger partial charge on any atom is -0.497 e. The summed E-state index contributed by atoms with van der Waals surface area (Å²) < 4.78 is 13.6. The average molecular weight is 426 g/mol. The van der Waals surface area contributed by atoms with Crippen LogP contribution in [0.5, 0.6) is 5.75 Å². The van der Waals surface area contributed by atoms with Gasteiger partial charge in [-0.25, -0.2) is 9.67 Å². The van der Waals surface area contributed by atoms with Crippen LogP contribution < -0.4 is 4.74 Å². The van der Waals surface area contributed by atoms with Crippen molar-refractivity contribution < 1.29 is 9.15 Å². The van der Waals surface area contributed by atoms with Crippen LogP contribution in [0.25, 0.3) is 0 Å². The summed E-state index contributed by atoms with van der Waals surface area (Å²) in [5.41, 5.74) is 1.04. The van der Waals surface area contributed by atoms with E-state index in [-0.39, 0.29) is 11.0 Å². The molecule has 8 heteroatoms. The number of halogens is 1. The van der Waals surface area contributed by atoms with Gasteiger partial charge in [-0.3, -0.25) is 0 Å². The molecule has 4 aliphatic carbocycles. The molecule has 0 radical (unpaired) electrons. The van der Waals surface area contributed by atoms with Crippen molar-refractivity contribution in [2.24, 2.45) is 11.8 Å². The second-order valence-corrected chi connectivity index (χ2v) is 9.79. The average Bonchev–Trinajstić information content (AvgIpc) is 3.38. The van der Waals surface area contributed by atoms with E-state index >= 15 is 0 Å². The van der Waals surface area contributed by atoms with E-state index in [4.69, 9.17) is 20.8 Å². The van der Waals surface area contributed by atoms with Crippen molar-refractivity contribution in [1.29, 1.82) is 0 Å². The van der Waals surface area contributed by atoms with E-state index in [1.165, 1.54) is 6.42 Å². The van der Waals surface area contributed by atoms with Crippen molar-refractivity contribution in [2.45, 2.75) is 55.9 Å². The Labute approximate surface area is 179 Å². The molecule has 1 aromatic carbocycles. The summed E-state index contributed by atoms with van der Waals surface area (Å²) >= 11 is 6.06. The molecule has 7 nitrogen and oxygen atoms in total. The second-order valence-electron chi connectivity index (χ2n) is 9.45. The van der Waals surface area contributed by atoms with Gasteiger partial charge in [-0.2, -0.15) is 0 Å². The summed E-state index contributed by atoms with van der Waals surface area (Å²) in [6, 6.07) is 7.99. The molecule has 0 aliphatic heterocycles. The van der Waals surface area contributed by atoms with Crippen LogP contribution in [0, 0.1) is 11.8 Å². The van der Waals surface area contributed by atoms with E-state index < -0.39 is 0 Å². The molecular formula is C22H24ClN5O2. The number of hydrogen-bond acceptors (Lipinski definition) is 6. The molecule has 7 rings (SSSR count). The highest BCUT2D eigenvalue weighted by Crippen LogP contribution is 2.64. The molecule has 0 unspecified atom stereocenters. The number of hydrogen-bond donors (Lipinski definition) is 0. The molecule has 4 bridgehead atoms. The lowest BCUT2D eigenvalue weighted by Crippen LogP contribution is -2.58. The third-order valence-corrected chi connectivity index (χ3v) is 7.59. The van der Waals surface area contributed by atoms with Gasteiger partial charge in [0.05, 0.1) is 24.5 Å². The van der Waals surface area contributed by atoms with Crippen LogP contribution in [-0.2, 0) is 17.4 Å². The number of aromatic nitrogens is 5. The van der Waals surface area contributed by atoms with E-state index in [1.54, 1.807) is 13.4 Å². The molecule has 0 amide bonds. The van der Waals surface area contributed by atoms with Crippen molar-refractivity contribution in [1.82, 2.24) is 25.0 Å². The van der Waals surface area contributed by atoms with Gasteiger partial charge >= 0.3 is 0 Å². The smallest absolute Gasteiger partial charge is 0.242 e. The SMILES string of the molecule is COc1ccc(Cc2nnc(C34C[C@@H]5C[C@@H](C3)CC(n3cnc(Cl)n3)(C5)C4)o2)cc1. The Balaban J connectivity index is 1.30. The van der Waals surface area contributed by atoms with Crippen LogP contribution >= 0.6 is 11.6 Å². The van der Waals surface area contributed by atoms with E-state index in [2.05, 4.69) is 20.3 Å². The largest absolute Gasteiger partial charge is 0.497 e. The maximum absolute atomic E-state index is 6.29. The Morgan fingerprint density at radius 2 is 1.90 bits per heavy atom. The molecule has 0 N–H and O–H groups in total. The van der Waals surface area contributed by atoms with E-state index in [0.717, 1.165) is 49.3 Å². The maximum Gasteiger partial charge on any atom is 0.242 e. The van der Waals surface area contributed by atoms with Crippen molar-refractivity contribution in [2.75, 3.05) is 7.11 Å². The summed E-state index contributed by atoms with van der Waals surface area (Å²) in [5.74, 6) is 3.63. The summed E-state index contributed by atoms with van der Waals surface area (Å²) in [5, 5.41) is 13.8. The van der Waals surface area contributed by atoms with Crippen molar-refractivity contribution >= 4 is 11.6 Å². The lowest BCUT2D eigenvalue weighted by Gasteiger charge is -2.60. The number of ether oxygens (including phenoxy) is 1. The first kappa shape index (κ1) is 18.4. The Morgan fingerprint density at radius 1 is 1.13 bits per heavy atom. The summed E-state index contributed by atoms with van der Waals surface area (Å²) in [6.07, 6.45) is 9.21. The summed E-state index contributed by atoms with van der Waals surface area (Å²) in [7, 11) is 1.67. The first-order valence-electron chi connectivity index (χ1n) is 10.6. The topological polar surface area (TPSA) is 78.9 Å². The normalized spacial score (nSPS) is 31.9. The number of methoxy groups -OCH3 is 1. The fourth-order valence-corrected chi connectivity index (χ4v) is 6.79. The first-order valence-corrected chi connectivity index (χ1v) is 11.0. The van der Waals surface area contributed by atoms with Crippen LogP contribution in [0.15, 0.2) is 35.0 Å². The highest BCUT2D eigenvalue weighted by molar-refractivity contribution is 6.28. The Kier molecular flexibility index (Phi) is 4.01. The third kappa shape index (κ3) is 2.86. The fraction of sp³-hybridized carbons (Fsp3) is 0.545. The molecule has 0 spiro atoms. The van der Waals surface area contributed by atoms with Gasteiger partial charge in [0, 0.05) is 0 Å². The lowest BCUT2D eigenvalue weighted by molar-refractivity contribution is -0.0775. The molecule has 0 saturated heterocycles. The fourth-order valence-electron chi connectivity index (χ4n) is 6.66. The van der Waals surface area contributed by atoms with Gasteiger partial charge in [-0.05, 0) is 79.7 Å². The number of nitrogens with zero attached hydrogens (tertiary/aromatic N) is 5. The van der Waals surface area contributed by atoms with Crippen LogP contribution in [0.3, 0.4) is 0 Å². The minimum atomic E-state index is -0.0618. The van der Waals surface area contributed by atoms with Gasteiger partial charge in [0.2, 0.25) is 17.1 Å². The molecule has 2 aromatic heterocycles. The van der Waals surface area contributed by atoms with Gasteiger partial charge in [-0.1, -0.05) is 12.1 Å². The van der Waals surface area contributed by atoms with Gasteiger partial charge in [0.15, 0.2) is 0 Å². The van der Waals surface area contributed by atoms with Crippen molar-refractivity contribution in [3.8, 4) is 5.75 Å². The lowest BCUT2D eigenvalue weighted by atomic mass is 9.47. The zero-order valence-corrected chi connectivity index (χ0v) is 17.7. The Bertz CT molecular complexity index is 1060. The Morgan fingerprint density at radius 3 is 2.57 bits per heavy atom. The van der Waals surface area contributed by atoms with Gasteiger partial charge in [-0.15, -0.1) is 15.3 Å². The van der Waals surface area contributed by atoms with Crippen LogP contribution in [0.4, 0.5) is 0 Å². The molecule has 4 aliphatic rings. The van der Waals surface area contributed by atoms with E-state index in [1.807, 2.05) is 28.9 Å².